The van der Waals surface area contributed by atoms with Crippen LogP contribution in [0.4, 0.5) is 0 Å². The molecule has 4 rings (SSSR count). The molecule has 0 spiro atoms. The number of halogens is 2. The highest BCUT2D eigenvalue weighted by Gasteiger charge is 2.49. The first kappa shape index (κ1) is 28.2. The smallest absolute Gasteiger partial charge is 0.341 e. The molecule has 0 unspecified atom stereocenters. The molecule has 10 heteroatoms. The Morgan fingerprint density at radius 3 is 1.79 bits per heavy atom. The molecule has 1 heterocycles. The van der Waals surface area contributed by atoms with Crippen LogP contribution in [0.2, 0.25) is 10.0 Å². The molecule has 0 aromatic heterocycles. The van der Waals surface area contributed by atoms with E-state index in [1.54, 1.807) is 12.1 Å². The van der Waals surface area contributed by atoms with Crippen LogP contribution >= 0.6 is 23.2 Å². The van der Waals surface area contributed by atoms with E-state index in [0.717, 1.165) is 11.4 Å². The highest BCUT2D eigenvalue weighted by atomic mass is 35.5. The zero-order valence-electron chi connectivity index (χ0n) is 21.8. The molecule has 1 aromatic carbocycles. The van der Waals surface area contributed by atoms with Crippen molar-refractivity contribution in [3.63, 3.8) is 0 Å². The van der Waals surface area contributed by atoms with Crippen molar-refractivity contribution in [3.8, 4) is 5.75 Å². The lowest BCUT2D eigenvalue weighted by atomic mass is 9.63. The minimum atomic E-state index is -1.19. The van der Waals surface area contributed by atoms with Gasteiger partial charge in [0.1, 0.15) is 0 Å². The van der Waals surface area contributed by atoms with Gasteiger partial charge in [-0.1, -0.05) is 50.9 Å². The van der Waals surface area contributed by atoms with Crippen LogP contribution in [-0.2, 0) is 19.2 Å². The van der Waals surface area contributed by atoms with Crippen LogP contribution in [0.3, 0.4) is 0 Å². The Morgan fingerprint density at radius 1 is 0.895 bits per heavy atom. The minimum absolute atomic E-state index is 0.00833. The van der Waals surface area contributed by atoms with E-state index in [0.29, 0.717) is 29.6 Å². The topological polar surface area (TPSA) is 121 Å². The van der Waals surface area contributed by atoms with E-state index in [4.69, 9.17) is 33.0 Å². The first-order valence-electron chi connectivity index (χ1n) is 12.5. The molecule has 8 nitrogen and oxygen atoms in total. The highest BCUT2D eigenvalue weighted by Crippen LogP contribution is 2.55. The van der Waals surface area contributed by atoms with Gasteiger partial charge in [-0.3, -0.25) is 14.4 Å². The summed E-state index contributed by atoms with van der Waals surface area (Å²) >= 11 is 13.0. The second-order valence-electron chi connectivity index (χ2n) is 11.8. The van der Waals surface area contributed by atoms with Crippen molar-refractivity contribution < 1.29 is 34.1 Å². The lowest BCUT2D eigenvalue weighted by Gasteiger charge is -2.49. The van der Waals surface area contributed by atoms with Crippen LogP contribution in [0.1, 0.15) is 71.3 Å². The fourth-order valence-corrected chi connectivity index (χ4v) is 6.49. The number of ether oxygens (including phenoxy) is 1. The quantitative estimate of drug-likeness (QED) is 0.438. The fourth-order valence-electron chi connectivity index (χ4n) is 5.88. The number of rotatable bonds is 7. The summed E-state index contributed by atoms with van der Waals surface area (Å²) in [5.74, 6) is -3.08. The largest absolute Gasteiger partial charge is 0.481 e. The maximum atomic E-state index is 13.7. The van der Waals surface area contributed by atoms with Gasteiger partial charge in [-0.2, -0.15) is 0 Å². The van der Waals surface area contributed by atoms with Crippen LogP contribution < -0.4 is 4.74 Å². The average Bonchev–Trinajstić information content (AvgIpc) is 2.74. The summed E-state index contributed by atoms with van der Waals surface area (Å²) in [6.07, 6.45) is 1.49. The number of nitrogens with zero attached hydrogens (tertiary/aromatic N) is 1. The van der Waals surface area contributed by atoms with E-state index in [-0.39, 0.29) is 64.0 Å². The van der Waals surface area contributed by atoms with Gasteiger partial charge in [-0.05, 0) is 41.4 Å². The lowest BCUT2D eigenvalue weighted by Crippen LogP contribution is -2.45. The number of Topliss-reactive ketones (excluding diaryl/α,β-unsaturated/α-hetero) is 2. The Morgan fingerprint density at radius 2 is 1.37 bits per heavy atom. The third kappa shape index (κ3) is 5.47. The van der Waals surface area contributed by atoms with Gasteiger partial charge >= 0.3 is 11.9 Å². The predicted molar refractivity (Wildman–Crippen MR) is 141 cm³/mol. The molecule has 38 heavy (non-hydrogen) atoms. The summed E-state index contributed by atoms with van der Waals surface area (Å²) in [6.45, 7) is 7.52. The average molecular weight is 564 g/mol. The maximum Gasteiger partial charge on any atom is 0.341 e. The van der Waals surface area contributed by atoms with Crippen LogP contribution in [0.25, 0.3) is 0 Å². The lowest BCUT2D eigenvalue weighted by molar-refractivity contribution is -0.139. The molecule has 0 bridgehead atoms. The van der Waals surface area contributed by atoms with E-state index in [1.165, 1.54) is 0 Å². The van der Waals surface area contributed by atoms with Gasteiger partial charge in [0.25, 0.3) is 0 Å². The second-order valence-corrected chi connectivity index (χ2v) is 12.6. The van der Waals surface area contributed by atoms with Crippen molar-refractivity contribution in [2.45, 2.75) is 65.7 Å². The number of carbonyl (C=O) groups excluding carboxylic acids is 2. The number of carbonyl (C=O) groups is 4. The molecular weight excluding hydrogens is 533 g/mol. The molecule has 0 radical (unpaired) electrons. The Labute approximate surface area is 231 Å². The molecule has 3 aliphatic rings. The van der Waals surface area contributed by atoms with Crippen LogP contribution in [-0.4, -0.2) is 51.8 Å². The van der Waals surface area contributed by atoms with E-state index in [1.807, 2.05) is 32.6 Å². The normalized spacial score (nSPS) is 20.8. The third-order valence-corrected chi connectivity index (χ3v) is 7.83. The van der Waals surface area contributed by atoms with Crippen molar-refractivity contribution in [2.24, 2.45) is 10.8 Å². The monoisotopic (exact) mass is 563 g/mol. The number of aliphatic carboxylic acids is 2. The molecule has 0 amide bonds. The molecule has 204 valence electrons. The van der Waals surface area contributed by atoms with Gasteiger partial charge in [0, 0.05) is 47.8 Å². The number of hydrogen-bond acceptors (Lipinski definition) is 6. The highest BCUT2D eigenvalue weighted by molar-refractivity contribution is 6.37. The molecule has 0 saturated carbocycles. The Balaban J connectivity index is 1.95. The summed E-state index contributed by atoms with van der Waals surface area (Å²) in [5.41, 5.74) is 2.23. The van der Waals surface area contributed by atoms with Gasteiger partial charge in [-0.15, -0.1) is 0 Å². The van der Waals surface area contributed by atoms with E-state index in [2.05, 4.69) is 0 Å². The summed E-state index contributed by atoms with van der Waals surface area (Å²) in [7, 11) is 0. The molecule has 0 saturated heterocycles. The van der Waals surface area contributed by atoms with Gasteiger partial charge in [-0.25, -0.2) is 4.79 Å². The zero-order chi connectivity index (χ0) is 28.2. The zero-order valence-corrected chi connectivity index (χ0v) is 23.3. The second kappa shape index (κ2) is 10.0. The molecular formula is C28H31Cl2NO7. The number of hydrogen-bond donors (Lipinski definition) is 2. The number of benzene rings is 1. The number of carboxylic acid groups (broad SMARTS) is 2. The Hall–Kier alpha value is -2.84. The van der Waals surface area contributed by atoms with Crippen molar-refractivity contribution >= 4 is 46.7 Å². The van der Waals surface area contributed by atoms with Crippen LogP contribution in [0.15, 0.2) is 34.7 Å². The standard InChI is InChI=1S/C28H31Cl2NO7/c1-27(2)9-17-24(19(32)11-27)23(14-7-15(29)26(16(30)8-14)38-13-22(36)37)25-18(31(17)6-5-21(34)35)10-28(3,4)12-20(25)33/h7-8,23H,5-6,9-13H2,1-4H3,(H,34,35)(H,36,37). The first-order chi connectivity index (χ1) is 17.6. The predicted octanol–water partition coefficient (Wildman–Crippen LogP) is 5.62. The number of carboxylic acids is 2. The molecule has 2 aliphatic carbocycles. The third-order valence-electron chi connectivity index (χ3n) is 7.27. The Kier molecular flexibility index (Phi) is 7.45. The van der Waals surface area contributed by atoms with Crippen molar-refractivity contribution in [2.75, 3.05) is 13.2 Å². The van der Waals surface area contributed by atoms with E-state index in [9.17, 15) is 24.3 Å². The van der Waals surface area contributed by atoms with Gasteiger partial charge in [0.2, 0.25) is 0 Å². The summed E-state index contributed by atoms with van der Waals surface area (Å²) in [5, 5.41) is 18.6. The Bertz CT molecular complexity index is 1230. The molecule has 1 aromatic rings. The molecule has 2 N–H and O–H groups in total. The SMILES string of the molecule is CC1(C)CC(=O)C2=C(C1)N(CCC(=O)O)C1=C(C(=O)CC(C)(C)C1)C2c1cc(Cl)c(OCC(=O)O)c(Cl)c1. The molecule has 1 aliphatic heterocycles. The van der Waals surface area contributed by atoms with Crippen molar-refractivity contribution in [3.05, 3.63) is 50.3 Å². The van der Waals surface area contributed by atoms with Crippen LogP contribution in [0, 0.1) is 10.8 Å². The molecule has 0 fully saturated rings. The molecule has 0 atom stereocenters. The van der Waals surface area contributed by atoms with E-state index < -0.39 is 24.5 Å². The number of allylic oxidation sites excluding steroid dienone is 4. The summed E-state index contributed by atoms with van der Waals surface area (Å²) in [6, 6.07) is 3.13. The minimum Gasteiger partial charge on any atom is -0.481 e. The van der Waals surface area contributed by atoms with Gasteiger partial charge in [0.15, 0.2) is 23.9 Å². The van der Waals surface area contributed by atoms with Gasteiger partial charge < -0.3 is 19.8 Å². The van der Waals surface area contributed by atoms with Crippen molar-refractivity contribution in [1.82, 2.24) is 4.90 Å². The number of ketones is 2. The van der Waals surface area contributed by atoms with Crippen LogP contribution in [0.5, 0.6) is 5.75 Å². The maximum absolute atomic E-state index is 13.7. The van der Waals surface area contributed by atoms with Crippen molar-refractivity contribution in [1.29, 1.82) is 0 Å². The fraction of sp³-hybridized carbons (Fsp3) is 0.500. The van der Waals surface area contributed by atoms with E-state index >= 15 is 0 Å². The summed E-state index contributed by atoms with van der Waals surface area (Å²) < 4.78 is 5.27. The summed E-state index contributed by atoms with van der Waals surface area (Å²) in [4.78, 5) is 51.9. The first-order valence-corrected chi connectivity index (χ1v) is 13.2. The van der Waals surface area contributed by atoms with Gasteiger partial charge in [0.05, 0.1) is 16.5 Å².